The first-order valence-corrected chi connectivity index (χ1v) is 26.7. The van der Waals surface area contributed by atoms with Crippen LogP contribution in [-0.2, 0) is 10.8 Å². The maximum absolute atomic E-state index is 2.74. The predicted octanol–water partition coefficient (Wildman–Crippen LogP) is 18.1. The van der Waals surface area contributed by atoms with Crippen molar-refractivity contribution in [3.8, 4) is 44.5 Å². The van der Waals surface area contributed by atoms with Crippen molar-refractivity contribution < 1.29 is 0 Å². The van der Waals surface area contributed by atoms with Crippen LogP contribution in [0.2, 0.25) is 0 Å². The van der Waals surface area contributed by atoms with Gasteiger partial charge in [0.05, 0.1) is 16.8 Å². The van der Waals surface area contributed by atoms with Gasteiger partial charge in [-0.05, 0) is 163 Å². The third-order valence-electron chi connectivity index (χ3n) is 19.5. The number of benzene rings is 8. The van der Waals surface area contributed by atoms with Crippen LogP contribution in [0.5, 0.6) is 0 Å². The highest BCUT2D eigenvalue weighted by molar-refractivity contribution is 6.03. The van der Waals surface area contributed by atoms with Gasteiger partial charge in [0.2, 0.25) is 0 Å². The van der Waals surface area contributed by atoms with Gasteiger partial charge in [0.15, 0.2) is 0 Å². The van der Waals surface area contributed by atoms with Crippen molar-refractivity contribution in [1.82, 2.24) is 0 Å². The summed E-state index contributed by atoms with van der Waals surface area (Å²) >= 11 is 0. The van der Waals surface area contributed by atoms with Crippen molar-refractivity contribution in [3.63, 3.8) is 0 Å². The van der Waals surface area contributed by atoms with E-state index in [0.29, 0.717) is 11.8 Å². The molecule has 1 spiro atoms. The second-order valence-electron chi connectivity index (χ2n) is 23.0. The van der Waals surface area contributed by atoms with E-state index in [9.17, 15) is 0 Å². The minimum Gasteiger partial charge on any atom is -0.309 e. The van der Waals surface area contributed by atoms with E-state index in [-0.39, 0.29) is 5.41 Å². The third-order valence-corrected chi connectivity index (χ3v) is 19.5. The first-order valence-electron chi connectivity index (χ1n) is 26.7. The highest BCUT2D eigenvalue weighted by atomic mass is 15.1. The SMILES string of the molecule is CC1(C)c2ccccc2-c2ccc(N(c3ccccc3-c3ccccc3)c3cccc4c3-c3ccccc3C43c4cc(C5CC6CCCC6C5)ccc4-c4ccc(C5CC6CCCC6C5)cc43)cc21. The van der Waals surface area contributed by atoms with Gasteiger partial charge >= 0.3 is 0 Å². The van der Waals surface area contributed by atoms with Crippen molar-refractivity contribution in [1.29, 1.82) is 0 Å². The summed E-state index contributed by atoms with van der Waals surface area (Å²) in [6.45, 7) is 4.83. The molecule has 4 saturated carbocycles. The molecule has 15 rings (SSSR count). The monoisotopic (exact) mass is 891 g/mol. The number of fused-ring (bicyclic) bond motifs is 15. The molecule has 69 heavy (non-hydrogen) atoms. The molecule has 4 atom stereocenters. The lowest BCUT2D eigenvalue weighted by molar-refractivity contribution is 0.457. The molecule has 0 heterocycles. The van der Waals surface area contributed by atoms with Crippen LogP contribution < -0.4 is 4.90 Å². The van der Waals surface area contributed by atoms with Gasteiger partial charge in [0, 0.05) is 22.2 Å². The number of nitrogens with zero attached hydrogens (tertiary/aromatic N) is 1. The van der Waals surface area contributed by atoms with E-state index in [2.05, 4.69) is 195 Å². The van der Waals surface area contributed by atoms with Gasteiger partial charge in [-0.2, -0.15) is 0 Å². The summed E-state index contributed by atoms with van der Waals surface area (Å²) in [5.74, 6) is 4.90. The Labute approximate surface area is 409 Å². The van der Waals surface area contributed by atoms with E-state index in [4.69, 9.17) is 0 Å². The lowest BCUT2D eigenvalue weighted by Gasteiger charge is -2.33. The van der Waals surface area contributed by atoms with Crippen LogP contribution in [0.15, 0.2) is 176 Å². The molecule has 8 aromatic rings. The molecule has 338 valence electrons. The lowest BCUT2D eigenvalue weighted by atomic mass is 9.69. The molecule has 7 aliphatic carbocycles. The van der Waals surface area contributed by atoms with Crippen molar-refractivity contribution in [2.24, 2.45) is 23.7 Å². The van der Waals surface area contributed by atoms with E-state index in [1.807, 2.05) is 0 Å². The Balaban J connectivity index is 0.986. The number of hydrogen-bond donors (Lipinski definition) is 0. The molecule has 0 bridgehead atoms. The Morgan fingerprint density at radius 1 is 0.377 bits per heavy atom. The fraction of sp³-hybridized carbons (Fsp3) is 0.294. The minimum atomic E-state index is -0.437. The van der Waals surface area contributed by atoms with Crippen LogP contribution in [0.4, 0.5) is 17.1 Å². The number of hydrogen-bond acceptors (Lipinski definition) is 1. The topological polar surface area (TPSA) is 3.24 Å². The molecular formula is C68H61N. The summed E-state index contributed by atoms with van der Waals surface area (Å²) in [5.41, 5.74) is 25.6. The van der Waals surface area contributed by atoms with Crippen LogP contribution in [0.1, 0.15) is 134 Å². The summed E-state index contributed by atoms with van der Waals surface area (Å²) in [4.78, 5) is 2.63. The maximum atomic E-state index is 2.74. The van der Waals surface area contributed by atoms with Gasteiger partial charge in [-0.3, -0.25) is 0 Å². The van der Waals surface area contributed by atoms with Crippen molar-refractivity contribution in [2.45, 2.75) is 101 Å². The van der Waals surface area contributed by atoms with Crippen molar-refractivity contribution >= 4 is 17.1 Å². The maximum Gasteiger partial charge on any atom is 0.0726 e. The van der Waals surface area contributed by atoms with E-state index in [1.165, 1.54) is 159 Å². The molecular weight excluding hydrogens is 831 g/mol. The van der Waals surface area contributed by atoms with Crippen LogP contribution in [-0.4, -0.2) is 0 Å². The zero-order valence-corrected chi connectivity index (χ0v) is 40.2. The zero-order valence-electron chi connectivity index (χ0n) is 40.2. The average molecular weight is 892 g/mol. The quantitative estimate of drug-likeness (QED) is 0.161. The summed E-state index contributed by atoms with van der Waals surface area (Å²) in [7, 11) is 0. The Hall–Kier alpha value is -6.44. The predicted molar refractivity (Wildman–Crippen MR) is 286 cm³/mol. The Kier molecular flexibility index (Phi) is 8.81. The molecule has 0 aromatic heterocycles. The van der Waals surface area contributed by atoms with Gasteiger partial charge in [-0.25, -0.2) is 0 Å². The summed E-state index contributed by atoms with van der Waals surface area (Å²) < 4.78 is 0. The lowest BCUT2D eigenvalue weighted by Crippen LogP contribution is -2.26. The fourth-order valence-corrected chi connectivity index (χ4v) is 16.4. The molecule has 8 aromatic carbocycles. The smallest absolute Gasteiger partial charge is 0.0726 e. The minimum absolute atomic E-state index is 0.134. The molecule has 0 saturated heterocycles. The molecule has 4 unspecified atom stereocenters. The zero-order chi connectivity index (χ0) is 45.6. The van der Waals surface area contributed by atoms with Gasteiger partial charge in [0.1, 0.15) is 0 Å². The Morgan fingerprint density at radius 2 is 0.870 bits per heavy atom. The molecule has 0 aliphatic heterocycles. The standard InChI is InChI=1S/C68H61N/c1-67(2)58-24-9-6-22-53(58)54-34-31-51(41-61(54)67)69(64-27-11-8-21-52(64)42-15-4-3-5-16-42)65-28-14-26-60-66(65)57-23-7-10-25-59(57)68(60)62-39-47(49-35-43-17-12-18-44(43)36-49)29-32-55(62)56-33-30-48(40-63(56)68)50-37-45-19-13-20-46(45)38-50/h3-11,14-16,21-34,39-41,43-46,49-50H,12-13,17-20,35-38H2,1-2H3. The number of anilines is 3. The van der Waals surface area contributed by atoms with Gasteiger partial charge in [0.25, 0.3) is 0 Å². The summed E-state index contributed by atoms with van der Waals surface area (Å²) in [6, 6.07) is 69.2. The van der Waals surface area contributed by atoms with Gasteiger partial charge < -0.3 is 4.90 Å². The van der Waals surface area contributed by atoms with Crippen LogP contribution in [0.25, 0.3) is 44.5 Å². The second-order valence-corrected chi connectivity index (χ2v) is 23.0. The van der Waals surface area contributed by atoms with Crippen molar-refractivity contribution in [3.05, 3.63) is 220 Å². The summed E-state index contributed by atoms with van der Waals surface area (Å²) in [6.07, 6.45) is 14.0. The highest BCUT2D eigenvalue weighted by Crippen LogP contribution is 2.66. The molecule has 1 nitrogen and oxygen atoms in total. The van der Waals surface area contributed by atoms with Crippen LogP contribution >= 0.6 is 0 Å². The summed E-state index contributed by atoms with van der Waals surface area (Å²) in [5, 5.41) is 0. The van der Waals surface area contributed by atoms with E-state index >= 15 is 0 Å². The Morgan fingerprint density at radius 3 is 1.52 bits per heavy atom. The van der Waals surface area contributed by atoms with Gasteiger partial charge in [-0.1, -0.05) is 204 Å². The molecule has 1 heteroatoms. The van der Waals surface area contributed by atoms with Gasteiger partial charge in [-0.15, -0.1) is 0 Å². The third kappa shape index (κ3) is 5.71. The van der Waals surface area contributed by atoms with Crippen LogP contribution in [0, 0.1) is 23.7 Å². The molecule has 0 radical (unpaired) electrons. The molecule has 0 amide bonds. The first kappa shape index (κ1) is 40.4. The largest absolute Gasteiger partial charge is 0.309 e. The Bertz CT molecular complexity index is 3280. The molecule has 4 fully saturated rings. The van der Waals surface area contributed by atoms with Crippen LogP contribution in [0.3, 0.4) is 0 Å². The number of para-hydroxylation sites is 1. The van der Waals surface area contributed by atoms with E-state index < -0.39 is 5.41 Å². The average Bonchev–Trinajstić information content (AvgIpc) is 4.27. The highest BCUT2D eigenvalue weighted by Gasteiger charge is 2.54. The van der Waals surface area contributed by atoms with E-state index in [0.717, 1.165) is 23.7 Å². The normalized spacial score (nSPS) is 25.7. The second kappa shape index (κ2) is 15.0. The first-order chi connectivity index (χ1) is 33.9. The van der Waals surface area contributed by atoms with Crippen molar-refractivity contribution in [2.75, 3.05) is 4.90 Å². The molecule has 0 N–H and O–H groups in total. The number of rotatable bonds is 6. The fourth-order valence-electron chi connectivity index (χ4n) is 16.4. The molecule has 7 aliphatic rings. The van der Waals surface area contributed by atoms with E-state index in [1.54, 1.807) is 11.1 Å².